The lowest BCUT2D eigenvalue weighted by atomic mass is 10.2. The van der Waals surface area contributed by atoms with Gasteiger partial charge >= 0.3 is 0 Å². The smallest absolute Gasteiger partial charge is 0.258 e. The normalized spacial score (nSPS) is 10.2. The predicted octanol–water partition coefficient (Wildman–Crippen LogP) is 0.962. The zero-order chi connectivity index (χ0) is 14.5. The number of carbonyl (C=O) groups is 1. The Bertz CT molecular complexity index is 589. The van der Waals surface area contributed by atoms with Crippen molar-refractivity contribution < 1.29 is 14.3 Å². The number of benzene rings is 1. The van der Waals surface area contributed by atoms with Gasteiger partial charge in [0, 0.05) is 18.2 Å². The lowest BCUT2D eigenvalue weighted by Crippen LogP contribution is -2.16. The Balaban J connectivity index is 2.24. The molecule has 106 valence electrons. The van der Waals surface area contributed by atoms with Crippen LogP contribution in [0.3, 0.4) is 0 Å². The minimum Gasteiger partial charge on any atom is -0.497 e. The van der Waals surface area contributed by atoms with Gasteiger partial charge in [-0.05, 0) is 29.5 Å². The van der Waals surface area contributed by atoms with Gasteiger partial charge in [-0.3, -0.25) is 10.1 Å². The molecule has 0 bridgehead atoms. The van der Waals surface area contributed by atoms with Gasteiger partial charge in [0.2, 0.25) is 5.95 Å². The highest BCUT2D eigenvalue weighted by Gasteiger charge is 2.13. The summed E-state index contributed by atoms with van der Waals surface area (Å²) in [4.78, 5) is 12.2. The van der Waals surface area contributed by atoms with Crippen LogP contribution < -0.4 is 14.8 Å². The number of methoxy groups -OCH3 is 2. The number of anilines is 1. The summed E-state index contributed by atoms with van der Waals surface area (Å²) >= 11 is 0. The summed E-state index contributed by atoms with van der Waals surface area (Å²) in [5.74, 6) is 1.01. The number of hydrogen-bond acceptors (Lipinski definition) is 6. The summed E-state index contributed by atoms with van der Waals surface area (Å²) in [6.07, 6.45) is 0. The van der Waals surface area contributed by atoms with E-state index in [2.05, 4.69) is 20.8 Å². The molecule has 2 aromatic rings. The lowest BCUT2D eigenvalue weighted by molar-refractivity contribution is 0.102. The van der Waals surface area contributed by atoms with Gasteiger partial charge < -0.3 is 9.47 Å². The molecule has 0 fully saturated rings. The van der Waals surface area contributed by atoms with Gasteiger partial charge in [0.05, 0.1) is 14.2 Å². The molecule has 1 aromatic carbocycles. The van der Waals surface area contributed by atoms with Crippen LogP contribution in [0.25, 0.3) is 0 Å². The first-order valence-electron chi connectivity index (χ1n) is 5.98. The van der Waals surface area contributed by atoms with E-state index in [1.807, 2.05) is 6.92 Å². The van der Waals surface area contributed by atoms with Gasteiger partial charge in [-0.15, -0.1) is 0 Å². The Labute approximate surface area is 115 Å². The van der Waals surface area contributed by atoms with Crippen LogP contribution in [0.1, 0.15) is 17.3 Å². The van der Waals surface area contributed by atoms with Crippen molar-refractivity contribution >= 4 is 11.9 Å². The maximum absolute atomic E-state index is 12.2. The first kappa shape index (κ1) is 13.8. The highest BCUT2D eigenvalue weighted by atomic mass is 16.5. The van der Waals surface area contributed by atoms with Crippen molar-refractivity contribution in [3.63, 3.8) is 0 Å². The average molecular weight is 277 g/mol. The minimum atomic E-state index is -0.341. The molecule has 0 unspecified atom stereocenters. The van der Waals surface area contributed by atoms with Crippen LogP contribution in [0.4, 0.5) is 5.95 Å². The van der Waals surface area contributed by atoms with E-state index < -0.39 is 0 Å². The summed E-state index contributed by atoms with van der Waals surface area (Å²) in [6.45, 7) is 2.44. The fraction of sp³-hybridized carbons (Fsp3) is 0.333. The first-order valence-corrected chi connectivity index (χ1v) is 5.98. The van der Waals surface area contributed by atoms with E-state index >= 15 is 0 Å². The molecule has 0 aliphatic rings. The number of hydrogen-bond donors (Lipinski definition) is 1. The summed E-state index contributed by atoms with van der Waals surface area (Å²) in [5, 5.41) is 13.6. The molecule has 0 atom stereocenters. The largest absolute Gasteiger partial charge is 0.497 e. The van der Waals surface area contributed by atoms with E-state index in [-0.39, 0.29) is 5.91 Å². The Hall–Kier alpha value is -2.64. The Morgan fingerprint density at radius 1 is 1.25 bits per heavy atom. The van der Waals surface area contributed by atoms with Crippen molar-refractivity contribution in [1.29, 1.82) is 0 Å². The van der Waals surface area contributed by atoms with Crippen LogP contribution in [0, 0.1) is 0 Å². The molecule has 2 rings (SSSR count). The number of rotatable bonds is 5. The second-order valence-electron chi connectivity index (χ2n) is 3.87. The maximum atomic E-state index is 12.2. The maximum Gasteiger partial charge on any atom is 0.258 e. The molecular weight excluding hydrogens is 262 g/mol. The zero-order valence-corrected chi connectivity index (χ0v) is 11.5. The van der Waals surface area contributed by atoms with Gasteiger partial charge in [-0.25, -0.2) is 4.68 Å². The highest BCUT2D eigenvalue weighted by Crippen LogP contribution is 2.22. The second kappa shape index (κ2) is 6.00. The first-order chi connectivity index (χ1) is 9.67. The molecule has 1 heterocycles. The van der Waals surface area contributed by atoms with E-state index in [4.69, 9.17) is 9.47 Å². The SMILES string of the molecule is CCn1nnnc1NC(=O)c1cc(OC)cc(OC)c1. The summed E-state index contributed by atoms with van der Waals surface area (Å²) in [5.41, 5.74) is 0.395. The molecule has 8 nitrogen and oxygen atoms in total. The molecule has 20 heavy (non-hydrogen) atoms. The van der Waals surface area contributed by atoms with Crippen molar-refractivity contribution in [2.24, 2.45) is 0 Å². The van der Waals surface area contributed by atoms with E-state index in [0.29, 0.717) is 29.6 Å². The molecule has 0 radical (unpaired) electrons. The van der Waals surface area contributed by atoms with Crippen molar-refractivity contribution in [1.82, 2.24) is 20.2 Å². The Kier molecular flexibility index (Phi) is 4.14. The van der Waals surface area contributed by atoms with Gasteiger partial charge in [-0.1, -0.05) is 5.10 Å². The van der Waals surface area contributed by atoms with Crippen molar-refractivity contribution in [3.05, 3.63) is 23.8 Å². The quantitative estimate of drug-likeness (QED) is 0.875. The van der Waals surface area contributed by atoms with Crippen LogP contribution in [0.15, 0.2) is 18.2 Å². The molecule has 1 amide bonds. The Morgan fingerprint density at radius 3 is 2.45 bits per heavy atom. The van der Waals surface area contributed by atoms with Crippen molar-refractivity contribution in [3.8, 4) is 11.5 Å². The number of ether oxygens (including phenoxy) is 2. The molecule has 1 N–H and O–H groups in total. The van der Waals surface area contributed by atoms with Crippen LogP contribution in [-0.2, 0) is 6.54 Å². The van der Waals surface area contributed by atoms with Gasteiger partial charge in [-0.2, -0.15) is 0 Å². The van der Waals surface area contributed by atoms with E-state index in [9.17, 15) is 4.79 Å². The predicted molar refractivity (Wildman–Crippen MR) is 71.0 cm³/mol. The molecule has 0 aliphatic carbocycles. The number of aromatic nitrogens is 4. The number of nitrogens with zero attached hydrogens (tertiary/aromatic N) is 4. The third-order valence-electron chi connectivity index (χ3n) is 2.67. The number of tetrazole rings is 1. The van der Waals surface area contributed by atoms with E-state index in [1.54, 1.807) is 18.2 Å². The summed E-state index contributed by atoms with van der Waals surface area (Å²) < 4.78 is 11.7. The van der Waals surface area contributed by atoms with E-state index in [0.717, 1.165) is 0 Å². The van der Waals surface area contributed by atoms with Crippen molar-refractivity contribution in [2.75, 3.05) is 19.5 Å². The molecule has 0 saturated carbocycles. The molecule has 0 aliphatic heterocycles. The van der Waals surface area contributed by atoms with Crippen LogP contribution in [-0.4, -0.2) is 40.3 Å². The van der Waals surface area contributed by atoms with Crippen LogP contribution >= 0.6 is 0 Å². The Morgan fingerprint density at radius 2 is 1.90 bits per heavy atom. The summed E-state index contributed by atoms with van der Waals surface area (Å²) in [6, 6.07) is 4.91. The zero-order valence-electron chi connectivity index (χ0n) is 11.5. The number of amides is 1. The van der Waals surface area contributed by atoms with Crippen molar-refractivity contribution in [2.45, 2.75) is 13.5 Å². The highest BCUT2D eigenvalue weighted by molar-refractivity contribution is 6.03. The minimum absolute atomic E-state index is 0.291. The molecule has 0 saturated heterocycles. The van der Waals surface area contributed by atoms with Gasteiger partial charge in [0.15, 0.2) is 0 Å². The third kappa shape index (κ3) is 2.85. The monoisotopic (exact) mass is 277 g/mol. The second-order valence-corrected chi connectivity index (χ2v) is 3.87. The van der Waals surface area contributed by atoms with E-state index in [1.165, 1.54) is 18.9 Å². The number of aryl methyl sites for hydroxylation is 1. The molecule has 0 spiro atoms. The molecular formula is C12H15N5O3. The fourth-order valence-corrected chi connectivity index (χ4v) is 1.62. The average Bonchev–Trinajstić information content (AvgIpc) is 2.93. The standard InChI is InChI=1S/C12H15N5O3/c1-4-17-12(14-15-16-17)13-11(18)8-5-9(19-2)7-10(6-8)20-3/h5-7H,4H2,1-3H3,(H,13,14,16,18). The number of carbonyl (C=O) groups excluding carboxylic acids is 1. The molecule has 1 aromatic heterocycles. The van der Waals surface area contributed by atoms with Gasteiger partial charge in [0.1, 0.15) is 11.5 Å². The number of nitrogens with one attached hydrogen (secondary N) is 1. The third-order valence-corrected chi connectivity index (χ3v) is 2.67. The van der Waals surface area contributed by atoms with Gasteiger partial charge in [0.25, 0.3) is 5.91 Å². The van der Waals surface area contributed by atoms with Crippen LogP contribution in [0.2, 0.25) is 0 Å². The van der Waals surface area contributed by atoms with Crippen LogP contribution in [0.5, 0.6) is 11.5 Å². The summed E-state index contributed by atoms with van der Waals surface area (Å²) in [7, 11) is 3.04. The lowest BCUT2D eigenvalue weighted by Gasteiger charge is -2.08. The molecule has 8 heteroatoms. The fourth-order valence-electron chi connectivity index (χ4n) is 1.62. The topological polar surface area (TPSA) is 91.2 Å².